The SMILES string of the molecule is O=C(CCl)CN1CCOCC1. The van der Waals surface area contributed by atoms with Gasteiger partial charge in [0.15, 0.2) is 5.78 Å². The highest BCUT2D eigenvalue weighted by molar-refractivity contribution is 6.27. The molecule has 64 valence electrons. The van der Waals surface area contributed by atoms with Gasteiger partial charge < -0.3 is 4.74 Å². The van der Waals surface area contributed by atoms with Gasteiger partial charge in [-0.1, -0.05) is 0 Å². The summed E-state index contributed by atoms with van der Waals surface area (Å²) in [6.07, 6.45) is 0. The highest BCUT2D eigenvalue weighted by atomic mass is 35.5. The van der Waals surface area contributed by atoms with Crippen molar-refractivity contribution in [2.75, 3.05) is 38.7 Å². The molecule has 0 amide bonds. The van der Waals surface area contributed by atoms with Crippen molar-refractivity contribution in [3.63, 3.8) is 0 Å². The maximum absolute atomic E-state index is 10.9. The van der Waals surface area contributed by atoms with Gasteiger partial charge in [-0.25, -0.2) is 0 Å². The fourth-order valence-electron chi connectivity index (χ4n) is 1.05. The van der Waals surface area contributed by atoms with Gasteiger partial charge in [-0.2, -0.15) is 0 Å². The molecule has 0 spiro atoms. The Morgan fingerprint density at radius 2 is 2.09 bits per heavy atom. The zero-order valence-electron chi connectivity index (χ0n) is 6.38. The van der Waals surface area contributed by atoms with Gasteiger partial charge in [0, 0.05) is 13.1 Å². The summed E-state index contributed by atoms with van der Waals surface area (Å²) in [5.41, 5.74) is 0. The molecule has 0 N–H and O–H groups in total. The molecule has 0 saturated carbocycles. The van der Waals surface area contributed by atoms with Crippen molar-refractivity contribution in [2.45, 2.75) is 0 Å². The highest BCUT2D eigenvalue weighted by Gasteiger charge is 2.12. The van der Waals surface area contributed by atoms with Crippen LogP contribution in [-0.4, -0.2) is 49.4 Å². The van der Waals surface area contributed by atoms with Crippen LogP contribution in [0.1, 0.15) is 0 Å². The summed E-state index contributed by atoms with van der Waals surface area (Å²) in [5, 5.41) is 0. The summed E-state index contributed by atoms with van der Waals surface area (Å²) in [6, 6.07) is 0. The van der Waals surface area contributed by atoms with Crippen molar-refractivity contribution in [2.24, 2.45) is 0 Å². The van der Waals surface area contributed by atoms with Crippen LogP contribution in [0.15, 0.2) is 0 Å². The molecule has 1 aliphatic rings. The minimum absolute atomic E-state index is 0.0913. The van der Waals surface area contributed by atoms with Gasteiger partial charge in [-0.05, 0) is 0 Å². The number of nitrogens with zero attached hydrogens (tertiary/aromatic N) is 1. The van der Waals surface area contributed by atoms with Crippen LogP contribution in [0.25, 0.3) is 0 Å². The van der Waals surface area contributed by atoms with Crippen LogP contribution in [0.3, 0.4) is 0 Å². The number of Topliss-reactive ketones (excluding diaryl/α,β-unsaturated/α-hetero) is 1. The summed E-state index contributed by atoms with van der Waals surface area (Å²) in [6.45, 7) is 3.64. The van der Waals surface area contributed by atoms with E-state index in [2.05, 4.69) is 4.90 Å². The maximum atomic E-state index is 10.9. The van der Waals surface area contributed by atoms with E-state index in [0.717, 1.165) is 26.3 Å². The Morgan fingerprint density at radius 1 is 1.45 bits per heavy atom. The minimum Gasteiger partial charge on any atom is -0.379 e. The van der Waals surface area contributed by atoms with Crippen LogP contribution in [0, 0.1) is 0 Å². The number of morpholine rings is 1. The van der Waals surface area contributed by atoms with Crippen LogP contribution in [-0.2, 0) is 9.53 Å². The number of ketones is 1. The lowest BCUT2D eigenvalue weighted by atomic mass is 10.3. The number of carbonyl (C=O) groups excluding carboxylic acids is 1. The van der Waals surface area contributed by atoms with Gasteiger partial charge in [0.1, 0.15) is 0 Å². The molecule has 1 aliphatic heterocycles. The first kappa shape index (κ1) is 8.97. The summed E-state index contributed by atoms with van der Waals surface area (Å²) >= 11 is 5.36. The molecule has 4 heteroatoms. The Labute approximate surface area is 71.3 Å². The molecule has 1 saturated heterocycles. The Kier molecular flexibility index (Phi) is 3.83. The number of hydrogen-bond acceptors (Lipinski definition) is 3. The first-order chi connectivity index (χ1) is 5.33. The quantitative estimate of drug-likeness (QED) is 0.574. The van der Waals surface area contributed by atoms with E-state index in [9.17, 15) is 4.79 Å². The van der Waals surface area contributed by atoms with E-state index in [1.165, 1.54) is 0 Å². The van der Waals surface area contributed by atoms with Crippen LogP contribution < -0.4 is 0 Å². The summed E-state index contributed by atoms with van der Waals surface area (Å²) < 4.78 is 5.13. The third-order valence-electron chi connectivity index (χ3n) is 1.65. The van der Waals surface area contributed by atoms with Gasteiger partial charge in [-0.15, -0.1) is 11.6 Å². The zero-order valence-corrected chi connectivity index (χ0v) is 7.14. The van der Waals surface area contributed by atoms with E-state index in [0.29, 0.717) is 6.54 Å². The van der Waals surface area contributed by atoms with Gasteiger partial charge in [0.05, 0.1) is 25.6 Å². The van der Waals surface area contributed by atoms with E-state index in [1.807, 2.05) is 0 Å². The summed E-state index contributed by atoms with van der Waals surface area (Å²) in [5.74, 6) is 0.214. The fraction of sp³-hybridized carbons (Fsp3) is 0.857. The number of hydrogen-bond donors (Lipinski definition) is 0. The fourth-order valence-corrected chi connectivity index (χ4v) is 1.14. The third-order valence-corrected chi connectivity index (χ3v) is 1.95. The smallest absolute Gasteiger partial charge is 0.161 e. The zero-order chi connectivity index (χ0) is 8.10. The maximum Gasteiger partial charge on any atom is 0.161 e. The lowest BCUT2D eigenvalue weighted by Crippen LogP contribution is -2.39. The standard InChI is InChI=1S/C7H12ClNO2/c8-5-7(10)6-9-1-3-11-4-2-9/h1-6H2. The van der Waals surface area contributed by atoms with Gasteiger partial charge in [0.25, 0.3) is 0 Å². The molecule has 0 aromatic carbocycles. The molecule has 1 rings (SSSR count). The van der Waals surface area contributed by atoms with Crippen molar-refractivity contribution in [3.8, 4) is 0 Å². The number of rotatable bonds is 3. The molecule has 0 radical (unpaired) electrons. The van der Waals surface area contributed by atoms with E-state index >= 15 is 0 Å². The minimum atomic E-state index is 0.0913. The Hall–Kier alpha value is -0.120. The first-order valence-electron chi connectivity index (χ1n) is 3.70. The van der Waals surface area contributed by atoms with E-state index in [4.69, 9.17) is 16.3 Å². The topological polar surface area (TPSA) is 29.5 Å². The molecule has 0 unspecified atom stereocenters. The van der Waals surface area contributed by atoms with Gasteiger partial charge in [0.2, 0.25) is 0 Å². The number of ether oxygens (including phenoxy) is 1. The molecular weight excluding hydrogens is 166 g/mol. The molecule has 0 atom stereocenters. The molecular formula is C7H12ClNO2. The molecule has 3 nitrogen and oxygen atoms in total. The monoisotopic (exact) mass is 177 g/mol. The number of halogens is 1. The molecule has 1 fully saturated rings. The van der Waals surface area contributed by atoms with Crippen LogP contribution >= 0.6 is 11.6 Å². The predicted octanol–water partition coefficient (Wildman–Crippen LogP) is 0.127. The van der Waals surface area contributed by atoms with Crippen LogP contribution in [0.2, 0.25) is 0 Å². The molecule has 0 bridgehead atoms. The van der Waals surface area contributed by atoms with Crippen molar-refractivity contribution in [1.82, 2.24) is 4.90 Å². The Balaban J connectivity index is 2.19. The first-order valence-corrected chi connectivity index (χ1v) is 4.24. The largest absolute Gasteiger partial charge is 0.379 e. The average molecular weight is 178 g/mol. The van der Waals surface area contributed by atoms with Crippen molar-refractivity contribution < 1.29 is 9.53 Å². The van der Waals surface area contributed by atoms with E-state index < -0.39 is 0 Å². The van der Waals surface area contributed by atoms with Crippen molar-refractivity contribution in [1.29, 1.82) is 0 Å². The van der Waals surface area contributed by atoms with Gasteiger partial charge >= 0.3 is 0 Å². The lowest BCUT2D eigenvalue weighted by Gasteiger charge is -2.25. The highest BCUT2D eigenvalue weighted by Crippen LogP contribution is 1.96. The second-order valence-electron chi connectivity index (χ2n) is 2.56. The second-order valence-corrected chi connectivity index (χ2v) is 2.83. The van der Waals surface area contributed by atoms with Crippen LogP contribution in [0.4, 0.5) is 0 Å². The summed E-state index contributed by atoms with van der Waals surface area (Å²) in [4.78, 5) is 12.9. The molecule has 0 aliphatic carbocycles. The lowest BCUT2D eigenvalue weighted by molar-refractivity contribution is -0.118. The normalized spacial score (nSPS) is 20.1. The Morgan fingerprint density at radius 3 is 2.64 bits per heavy atom. The predicted molar refractivity (Wildman–Crippen MR) is 43.0 cm³/mol. The molecule has 1 heterocycles. The second kappa shape index (κ2) is 4.70. The number of carbonyl (C=O) groups is 1. The molecule has 0 aromatic rings. The molecule has 11 heavy (non-hydrogen) atoms. The summed E-state index contributed by atoms with van der Waals surface area (Å²) in [7, 11) is 0. The third kappa shape index (κ3) is 3.18. The van der Waals surface area contributed by atoms with Crippen molar-refractivity contribution >= 4 is 17.4 Å². The van der Waals surface area contributed by atoms with E-state index in [1.54, 1.807) is 0 Å². The van der Waals surface area contributed by atoms with Crippen molar-refractivity contribution in [3.05, 3.63) is 0 Å². The van der Waals surface area contributed by atoms with Gasteiger partial charge in [-0.3, -0.25) is 9.69 Å². The Bertz CT molecular complexity index is 134. The number of alkyl halides is 1. The van der Waals surface area contributed by atoms with E-state index in [-0.39, 0.29) is 11.7 Å². The molecule has 0 aromatic heterocycles. The average Bonchev–Trinajstić information content (AvgIpc) is 2.06. The van der Waals surface area contributed by atoms with Crippen LogP contribution in [0.5, 0.6) is 0 Å².